The molecule has 1 aliphatic rings. The van der Waals surface area contributed by atoms with Crippen LogP contribution in [-0.2, 0) is 9.53 Å². The number of morpholine rings is 1. The second-order valence-corrected chi connectivity index (χ2v) is 7.10. The van der Waals surface area contributed by atoms with Gasteiger partial charge in [0.1, 0.15) is 29.5 Å². The van der Waals surface area contributed by atoms with E-state index in [2.05, 4.69) is 4.98 Å². The van der Waals surface area contributed by atoms with E-state index in [0.717, 1.165) is 0 Å². The van der Waals surface area contributed by atoms with E-state index < -0.39 is 11.5 Å². The Bertz CT molecular complexity index is 829. The van der Waals surface area contributed by atoms with Crippen molar-refractivity contribution in [3.8, 4) is 5.75 Å². The number of rotatable bonds is 6. The number of nitrogen functional groups attached to an aromatic ring is 1. The molecular weight excluding hydrogens is 375 g/mol. The van der Waals surface area contributed by atoms with E-state index in [0.29, 0.717) is 17.4 Å². The molecule has 1 fully saturated rings. The molecule has 1 aromatic heterocycles. The van der Waals surface area contributed by atoms with Crippen molar-refractivity contribution >= 4 is 28.3 Å². The number of thiazole rings is 1. The van der Waals surface area contributed by atoms with Crippen LogP contribution < -0.4 is 16.2 Å². The predicted molar refractivity (Wildman–Crippen MR) is 96.8 cm³/mol. The largest absolute Gasteiger partial charge is 0.490 e. The molecule has 10 heteroatoms. The van der Waals surface area contributed by atoms with Crippen LogP contribution in [0, 0.1) is 5.82 Å². The topological polar surface area (TPSA) is 121 Å². The average molecular weight is 394 g/mol. The van der Waals surface area contributed by atoms with E-state index in [1.807, 2.05) is 0 Å². The highest BCUT2D eigenvalue weighted by atomic mass is 32.1. The number of hydrogen-bond donors (Lipinski definition) is 2. The Morgan fingerprint density at radius 2 is 2.11 bits per heavy atom. The Morgan fingerprint density at radius 1 is 1.37 bits per heavy atom. The maximum atomic E-state index is 13.0. The van der Waals surface area contributed by atoms with Crippen molar-refractivity contribution in [1.82, 2.24) is 9.88 Å². The Balaban J connectivity index is 1.74. The van der Waals surface area contributed by atoms with Gasteiger partial charge >= 0.3 is 0 Å². The first-order chi connectivity index (χ1) is 12.9. The molecule has 144 valence electrons. The highest BCUT2D eigenvalue weighted by Gasteiger charge is 2.41. The van der Waals surface area contributed by atoms with Crippen molar-refractivity contribution in [3.63, 3.8) is 0 Å². The predicted octanol–water partition coefficient (Wildman–Crippen LogP) is 1.03. The summed E-state index contributed by atoms with van der Waals surface area (Å²) in [5.74, 6) is -0.853. The van der Waals surface area contributed by atoms with Gasteiger partial charge in [-0.1, -0.05) is 0 Å². The van der Waals surface area contributed by atoms with E-state index >= 15 is 0 Å². The monoisotopic (exact) mass is 394 g/mol. The molecule has 1 atom stereocenters. The van der Waals surface area contributed by atoms with Gasteiger partial charge in [-0.25, -0.2) is 9.37 Å². The quantitative estimate of drug-likeness (QED) is 0.755. The fourth-order valence-corrected chi connectivity index (χ4v) is 3.41. The Hall–Kier alpha value is -2.72. The first kappa shape index (κ1) is 19.1. The van der Waals surface area contributed by atoms with E-state index in [1.54, 1.807) is 5.38 Å². The lowest BCUT2D eigenvalue weighted by Gasteiger charge is -2.41. The summed E-state index contributed by atoms with van der Waals surface area (Å²) < 4.78 is 24.5. The van der Waals surface area contributed by atoms with Crippen LogP contribution in [0.15, 0.2) is 29.6 Å². The Labute approximate surface area is 158 Å². The van der Waals surface area contributed by atoms with Crippen LogP contribution in [0.1, 0.15) is 16.9 Å². The van der Waals surface area contributed by atoms with Crippen molar-refractivity contribution in [2.24, 2.45) is 5.73 Å². The first-order valence-electron chi connectivity index (χ1n) is 8.18. The molecule has 2 aromatic rings. The van der Waals surface area contributed by atoms with Crippen molar-refractivity contribution in [2.75, 3.05) is 32.0 Å². The lowest BCUT2D eigenvalue weighted by atomic mass is 9.97. The van der Waals surface area contributed by atoms with Gasteiger partial charge in [0, 0.05) is 11.9 Å². The fraction of sp³-hybridized carbons (Fsp3) is 0.353. The summed E-state index contributed by atoms with van der Waals surface area (Å²) in [4.78, 5) is 29.8. The summed E-state index contributed by atoms with van der Waals surface area (Å²) in [7, 11) is 0. The molecule has 1 saturated heterocycles. The number of carbonyl (C=O) groups is 2. The van der Waals surface area contributed by atoms with Gasteiger partial charge in [0.05, 0.1) is 19.6 Å². The highest BCUT2D eigenvalue weighted by Crippen LogP contribution is 2.26. The summed E-state index contributed by atoms with van der Waals surface area (Å²) in [5, 5.41) is 1.88. The second-order valence-electron chi connectivity index (χ2n) is 6.21. The normalized spacial score (nSPS) is 19.7. The van der Waals surface area contributed by atoms with Gasteiger partial charge in [0.25, 0.3) is 5.91 Å². The third kappa shape index (κ3) is 4.72. The number of nitrogens with two attached hydrogens (primary N) is 2. The number of halogens is 1. The lowest BCUT2D eigenvalue weighted by molar-refractivity contribution is -0.142. The molecule has 1 aliphatic heterocycles. The van der Waals surface area contributed by atoms with Crippen molar-refractivity contribution < 1.29 is 23.5 Å². The number of hydrogen-bond acceptors (Lipinski definition) is 7. The Kier molecular flexibility index (Phi) is 5.57. The number of ether oxygens (including phenoxy) is 2. The van der Waals surface area contributed by atoms with Gasteiger partial charge in [-0.15, -0.1) is 11.3 Å². The number of anilines is 1. The molecule has 0 radical (unpaired) electrons. The van der Waals surface area contributed by atoms with Crippen LogP contribution in [0.3, 0.4) is 0 Å². The smallest absolute Gasteiger partial charge is 0.273 e. The molecule has 0 spiro atoms. The van der Waals surface area contributed by atoms with Crippen LogP contribution in [-0.4, -0.2) is 53.6 Å². The minimum absolute atomic E-state index is 0.0233. The van der Waals surface area contributed by atoms with Gasteiger partial charge in [0.2, 0.25) is 5.91 Å². The fourth-order valence-electron chi connectivity index (χ4n) is 2.87. The summed E-state index contributed by atoms with van der Waals surface area (Å²) in [6, 6.07) is 5.47. The summed E-state index contributed by atoms with van der Waals surface area (Å²) in [6.45, 7) is 0.636. The average Bonchev–Trinajstić information content (AvgIpc) is 3.07. The molecule has 27 heavy (non-hydrogen) atoms. The van der Waals surface area contributed by atoms with Crippen molar-refractivity contribution in [3.05, 3.63) is 41.2 Å². The standard InChI is InChI=1S/C17H19FN4O4S/c18-11-1-3-12(4-2-11)25-10-17(7-14(19)23)9-22(5-6-26-17)15(24)13-8-27-16(20)21-13/h1-4,8H,5-7,9-10H2,(H2,19,23)(H2,20,21)/t17-/m1/s1. The van der Waals surface area contributed by atoms with Crippen LogP contribution in [0.2, 0.25) is 0 Å². The van der Waals surface area contributed by atoms with Crippen molar-refractivity contribution in [2.45, 2.75) is 12.0 Å². The molecule has 0 saturated carbocycles. The van der Waals surface area contributed by atoms with Crippen LogP contribution in [0.5, 0.6) is 5.75 Å². The Morgan fingerprint density at radius 3 is 2.74 bits per heavy atom. The molecule has 0 aliphatic carbocycles. The van der Waals surface area contributed by atoms with E-state index in [9.17, 15) is 14.0 Å². The number of primary amides is 1. The second kappa shape index (κ2) is 7.89. The highest BCUT2D eigenvalue weighted by molar-refractivity contribution is 7.13. The van der Waals surface area contributed by atoms with E-state index in [1.165, 1.54) is 40.5 Å². The van der Waals surface area contributed by atoms with Gasteiger partial charge < -0.3 is 25.8 Å². The zero-order valence-electron chi connectivity index (χ0n) is 14.4. The van der Waals surface area contributed by atoms with Gasteiger partial charge in [0.15, 0.2) is 5.13 Å². The molecule has 3 rings (SSSR count). The van der Waals surface area contributed by atoms with Crippen LogP contribution in [0.4, 0.5) is 9.52 Å². The SMILES string of the molecule is NC(=O)C[C@]1(COc2ccc(F)cc2)CN(C(=O)c2csc(N)n2)CCO1. The summed E-state index contributed by atoms with van der Waals surface area (Å²) in [5.41, 5.74) is 10.1. The molecule has 4 N–H and O–H groups in total. The number of nitrogens with zero attached hydrogens (tertiary/aromatic N) is 2. The zero-order chi connectivity index (χ0) is 19.4. The molecule has 0 unspecified atom stereocenters. The minimum Gasteiger partial charge on any atom is -0.490 e. The van der Waals surface area contributed by atoms with E-state index in [-0.39, 0.29) is 43.6 Å². The zero-order valence-corrected chi connectivity index (χ0v) is 15.2. The third-order valence-corrected chi connectivity index (χ3v) is 4.76. The molecule has 2 amide bonds. The maximum Gasteiger partial charge on any atom is 0.273 e. The number of aromatic nitrogens is 1. The summed E-state index contributed by atoms with van der Waals surface area (Å²) in [6.07, 6.45) is -0.128. The van der Waals surface area contributed by atoms with Gasteiger partial charge in [-0.2, -0.15) is 0 Å². The maximum absolute atomic E-state index is 13.0. The van der Waals surface area contributed by atoms with Crippen LogP contribution in [0.25, 0.3) is 0 Å². The lowest BCUT2D eigenvalue weighted by Crippen LogP contribution is -2.58. The summed E-state index contributed by atoms with van der Waals surface area (Å²) >= 11 is 1.17. The number of carbonyl (C=O) groups excluding carboxylic acids is 2. The number of amides is 2. The molecule has 2 heterocycles. The van der Waals surface area contributed by atoms with Crippen molar-refractivity contribution in [1.29, 1.82) is 0 Å². The molecule has 8 nitrogen and oxygen atoms in total. The number of benzene rings is 1. The van der Waals surface area contributed by atoms with Gasteiger partial charge in [-0.05, 0) is 24.3 Å². The van der Waals surface area contributed by atoms with E-state index in [4.69, 9.17) is 20.9 Å². The molecule has 1 aromatic carbocycles. The minimum atomic E-state index is -1.10. The first-order valence-corrected chi connectivity index (χ1v) is 9.06. The molecular formula is C17H19FN4O4S. The van der Waals surface area contributed by atoms with Gasteiger partial charge in [-0.3, -0.25) is 9.59 Å². The van der Waals surface area contributed by atoms with Crippen LogP contribution >= 0.6 is 11.3 Å². The molecule has 0 bridgehead atoms. The third-order valence-electron chi connectivity index (χ3n) is 4.09.